The van der Waals surface area contributed by atoms with Crippen LogP contribution in [0.25, 0.3) is 0 Å². The molecule has 1 N–H and O–H groups in total. The molecule has 0 unspecified atom stereocenters. The molecule has 0 fully saturated rings. The molecule has 0 saturated carbocycles. The average Bonchev–Trinajstić information content (AvgIpc) is 2.94. The predicted octanol–water partition coefficient (Wildman–Crippen LogP) is 6.95. The van der Waals surface area contributed by atoms with Crippen LogP contribution in [0.4, 0.5) is 0 Å². The van der Waals surface area contributed by atoms with Crippen LogP contribution in [0, 0.1) is 0 Å². The molecule has 1 amide bonds. The first-order valence-electron chi connectivity index (χ1n) is 12.0. The van der Waals surface area contributed by atoms with E-state index in [1.807, 2.05) is 19.1 Å². The number of hydrazone groups is 1. The van der Waals surface area contributed by atoms with Gasteiger partial charge in [0, 0.05) is 10.0 Å². The van der Waals surface area contributed by atoms with Crippen molar-refractivity contribution in [1.29, 1.82) is 0 Å². The number of hydrogen-bond acceptors (Lipinski definition) is 6. The van der Waals surface area contributed by atoms with Crippen LogP contribution in [0.1, 0.15) is 38.8 Å². The molecule has 9 heteroatoms. The van der Waals surface area contributed by atoms with E-state index in [1.54, 1.807) is 78.9 Å². The van der Waals surface area contributed by atoms with Crippen LogP contribution in [0.2, 0.25) is 10.0 Å². The minimum Gasteiger partial charge on any atom is -0.490 e. The van der Waals surface area contributed by atoms with Crippen LogP contribution in [0.15, 0.2) is 96.1 Å². The van der Waals surface area contributed by atoms with Gasteiger partial charge in [-0.3, -0.25) is 4.79 Å². The number of para-hydroxylation sites is 1. The maximum atomic E-state index is 12.8. The Morgan fingerprint density at radius 1 is 0.821 bits per heavy atom. The molecule has 7 nitrogen and oxygen atoms in total. The molecule has 0 saturated heterocycles. The molecule has 0 spiro atoms. The van der Waals surface area contributed by atoms with Gasteiger partial charge in [0.25, 0.3) is 5.91 Å². The summed E-state index contributed by atoms with van der Waals surface area (Å²) in [7, 11) is 0. The van der Waals surface area contributed by atoms with Gasteiger partial charge in [-0.15, -0.1) is 0 Å². The van der Waals surface area contributed by atoms with E-state index in [-0.39, 0.29) is 12.4 Å². The van der Waals surface area contributed by atoms with E-state index in [0.29, 0.717) is 44.8 Å². The maximum Gasteiger partial charge on any atom is 0.343 e. The van der Waals surface area contributed by atoms with E-state index >= 15 is 0 Å². The second-order valence-corrected chi connectivity index (χ2v) is 9.02. The van der Waals surface area contributed by atoms with Crippen molar-refractivity contribution in [1.82, 2.24) is 5.43 Å². The van der Waals surface area contributed by atoms with Crippen LogP contribution in [-0.2, 0) is 6.61 Å². The molecule has 0 bridgehead atoms. The lowest BCUT2D eigenvalue weighted by molar-refractivity contribution is 0.0728. The zero-order valence-electron chi connectivity index (χ0n) is 20.9. The normalized spacial score (nSPS) is 10.7. The molecule has 0 heterocycles. The van der Waals surface area contributed by atoms with E-state index in [2.05, 4.69) is 10.5 Å². The van der Waals surface area contributed by atoms with Crippen LogP contribution < -0.4 is 19.6 Å². The van der Waals surface area contributed by atoms with E-state index in [1.165, 1.54) is 6.21 Å². The lowest BCUT2D eigenvalue weighted by atomic mass is 10.2. The Balaban J connectivity index is 1.41. The summed E-state index contributed by atoms with van der Waals surface area (Å²) in [4.78, 5) is 25.3. The summed E-state index contributed by atoms with van der Waals surface area (Å²) >= 11 is 11.8. The number of carbonyl (C=O) groups is 2. The first kappa shape index (κ1) is 27.7. The van der Waals surface area contributed by atoms with Crippen LogP contribution in [-0.4, -0.2) is 24.7 Å². The zero-order valence-corrected chi connectivity index (χ0v) is 22.4. The molecule has 0 aliphatic rings. The number of hydrogen-bond donors (Lipinski definition) is 1. The summed E-state index contributed by atoms with van der Waals surface area (Å²) in [6.45, 7) is 2.45. The fraction of sp³-hybridized carbons (Fsp3) is 0.100. The van der Waals surface area contributed by atoms with Gasteiger partial charge in [0.1, 0.15) is 12.4 Å². The molecule has 0 atom stereocenters. The van der Waals surface area contributed by atoms with Gasteiger partial charge >= 0.3 is 5.97 Å². The largest absolute Gasteiger partial charge is 0.490 e. The Hall–Kier alpha value is -4.33. The summed E-state index contributed by atoms with van der Waals surface area (Å²) in [6.07, 6.45) is 1.46. The first-order chi connectivity index (χ1) is 18.9. The van der Waals surface area contributed by atoms with Crippen molar-refractivity contribution in [2.24, 2.45) is 5.10 Å². The number of ether oxygens (including phenoxy) is 3. The van der Waals surface area contributed by atoms with Crippen molar-refractivity contribution in [3.05, 3.63) is 123 Å². The number of esters is 1. The number of halogens is 2. The van der Waals surface area contributed by atoms with Crippen molar-refractivity contribution in [3.63, 3.8) is 0 Å². The number of amides is 1. The second kappa shape index (κ2) is 13.5. The highest BCUT2D eigenvalue weighted by Crippen LogP contribution is 2.29. The number of benzene rings is 4. The van der Waals surface area contributed by atoms with Gasteiger partial charge < -0.3 is 14.2 Å². The average molecular weight is 563 g/mol. The van der Waals surface area contributed by atoms with Crippen LogP contribution >= 0.6 is 23.2 Å². The Morgan fingerprint density at radius 2 is 1.51 bits per heavy atom. The Morgan fingerprint density at radius 3 is 2.23 bits per heavy atom. The Bertz CT molecular complexity index is 1470. The van der Waals surface area contributed by atoms with Gasteiger partial charge in [-0.1, -0.05) is 47.5 Å². The Kier molecular flexibility index (Phi) is 9.56. The summed E-state index contributed by atoms with van der Waals surface area (Å²) in [6, 6.07) is 25.5. The van der Waals surface area contributed by atoms with Gasteiger partial charge in [-0.2, -0.15) is 5.10 Å². The minimum absolute atomic E-state index is 0.254. The highest BCUT2D eigenvalue weighted by atomic mass is 35.5. The molecule has 0 aliphatic carbocycles. The van der Waals surface area contributed by atoms with E-state index in [0.717, 1.165) is 5.56 Å². The Labute approximate surface area is 235 Å². The van der Waals surface area contributed by atoms with Gasteiger partial charge in [-0.25, -0.2) is 10.2 Å². The highest BCUT2D eigenvalue weighted by Gasteiger charge is 2.14. The molecular formula is C30H24Cl2N2O5. The smallest absolute Gasteiger partial charge is 0.343 e. The third-order valence-corrected chi connectivity index (χ3v) is 5.87. The molecule has 198 valence electrons. The topological polar surface area (TPSA) is 86.2 Å². The third kappa shape index (κ3) is 7.83. The van der Waals surface area contributed by atoms with Crippen molar-refractivity contribution >= 4 is 41.3 Å². The van der Waals surface area contributed by atoms with E-state index in [9.17, 15) is 9.59 Å². The van der Waals surface area contributed by atoms with Crippen LogP contribution in [0.5, 0.6) is 17.2 Å². The summed E-state index contributed by atoms with van der Waals surface area (Å²) in [5, 5.41) is 5.22. The van der Waals surface area contributed by atoms with Crippen molar-refractivity contribution in [2.45, 2.75) is 13.5 Å². The first-order valence-corrected chi connectivity index (χ1v) is 12.7. The minimum atomic E-state index is -0.543. The SMILES string of the molecule is CCOc1cc(C=NNC(=O)c2ccccc2OCc2ccc(Cl)cc2)ccc1OC(=O)c1ccc(Cl)cc1. The number of nitrogens with zero attached hydrogens (tertiary/aromatic N) is 1. The second-order valence-electron chi connectivity index (χ2n) is 8.15. The molecule has 4 rings (SSSR count). The molecule has 0 aromatic heterocycles. The third-order valence-electron chi connectivity index (χ3n) is 5.37. The lowest BCUT2D eigenvalue weighted by Crippen LogP contribution is -2.18. The van der Waals surface area contributed by atoms with Crippen molar-refractivity contribution < 1.29 is 23.8 Å². The van der Waals surface area contributed by atoms with Gasteiger partial charge in [-0.05, 0) is 84.8 Å². The quantitative estimate of drug-likeness (QED) is 0.0977. The van der Waals surface area contributed by atoms with Crippen LogP contribution in [0.3, 0.4) is 0 Å². The zero-order chi connectivity index (χ0) is 27.6. The van der Waals surface area contributed by atoms with Crippen molar-refractivity contribution in [3.8, 4) is 17.2 Å². The fourth-order valence-corrected chi connectivity index (χ4v) is 3.70. The monoisotopic (exact) mass is 562 g/mol. The van der Waals surface area contributed by atoms with Crippen molar-refractivity contribution in [2.75, 3.05) is 6.61 Å². The highest BCUT2D eigenvalue weighted by molar-refractivity contribution is 6.30. The van der Waals surface area contributed by atoms with Gasteiger partial charge in [0.2, 0.25) is 0 Å². The van der Waals surface area contributed by atoms with E-state index in [4.69, 9.17) is 37.4 Å². The fourth-order valence-electron chi connectivity index (χ4n) is 3.45. The van der Waals surface area contributed by atoms with Gasteiger partial charge in [0.15, 0.2) is 11.5 Å². The van der Waals surface area contributed by atoms with E-state index < -0.39 is 11.9 Å². The maximum absolute atomic E-state index is 12.8. The molecule has 4 aromatic carbocycles. The molecule has 4 aromatic rings. The lowest BCUT2D eigenvalue weighted by Gasteiger charge is -2.12. The number of rotatable bonds is 10. The number of carbonyl (C=O) groups excluding carboxylic acids is 2. The summed E-state index contributed by atoms with van der Waals surface area (Å²) in [5.74, 6) is 0.0566. The predicted molar refractivity (Wildman–Crippen MR) is 151 cm³/mol. The molecular weight excluding hydrogens is 539 g/mol. The van der Waals surface area contributed by atoms with Gasteiger partial charge in [0.05, 0.1) is 23.9 Å². The molecule has 0 aliphatic heterocycles. The standard InChI is InChI=1S/C30H24Cl2N2O5/c1-2-37-28-17-21(9-16-27(28)39-30(36)22-10-14-24(32)15-11-22)18-33-34-29(35)25-5-3-4-6-26(25)38-19-20-7-12-23(31)13-8-20/h3-18H,2,19H2,1H3,(H,34,35). The number of nitrogens with one attached hydrogen (secondary N) is 1. The molecule has 0 radical (unpaired) electrons. The summed E-state index contributed by atoms with van der Waals surface area (Å²) in [5.41, 5.74) is 4.74. The molecule has 39 heavy (non-hydrogen) atoms. The summed E-state index contributed by atoms with van der Waals surface area (Å²) < 4.78 is 17.0.